The van der Waals surface area contributed by atoms with E-state index in [0.717, 1.165) is 6.42 Å². The number of rotatable bonds is 4. The summed E-state index contributed by atoms with van der Waals surface area (Å²) < 4.78 is 0. The Bertz CT molecular complexity index is 1410. The molecule has 0 saturated carbocycles. The molecule has 0 spiro atoms. The van der Waals surface area contributed by atoms with Crippen LogP contribution in [0, 0.1) is 13.8 Å². The number of aryl methyl sites for hydroxylation is 2. The molecule has 0 aliphatic carbocycles. The van der Waals surface area contributed by atoms with Crippen molar-refractivity contribution in [3.05, 3.63) is 122 Å². The number of hydrogen-bond donors (Lipinski definition) is 0. The molecule has 0 unspecified atom stereocenters. The summed E-state index contributed by atoms with van der Waals surface area (Å²) in [7, 11) is 0. The Hall–Kier alpha value is -1.93. The Labute approximate surface area is 260 Å². The van der Waals surface area contributed by atoms with Gasteiger partial charge in [-0.1, -0.05) is 98.1 Å². The molecule has 3 heteroatoms. The topological polar surface area (TPSA) is 0 Å². The van der Waals surface area contributed by atoms with Crippen LogP contribution in [0.3, 0.4) is 0 Å². The van der Waals surface area contributed by atoms with Crippen molar-refractivity contribution >= 4 is 43.1 Å². The summed E-state index contributed by atoms with van der Waals surface area (Å²) in [5.74, 6) is 0. The minimum atomic E-state index is 0. The first-order valence-electron chi connectivity index (χ1n) is 12.9. The van der Waals surface area contributed by atoms with Crippen LogP contribution in [-0.4, -0.2) is 0 Å². The molecule has 0 saturated heterocycles. The molecular weight excluding hydrogens is 670 g/mol. The van der Waals surface area contributed by atoms with Crippen LogP contribution in [0.5, 0.6) is 0 Å². The second-order valence-corrected chi connectivity index (χ2v) is 9.16. The monoisotopic (exact) mass is 706 g/mol. The fourth-order valence-corrected chi connectivity index (χ4v) is 4.92. The summed E-state index contributed by atoms with van der Waals surface area (Å²) in [6.45, 7) is 11.2. The Morgan fingerprint density at radius 2 is 0.921 bits per heavy atom. The van der Waals surface area contributed by atoms with Gasteiger partial charge in [0, 0.05) is 25.8 Å². The van der Waals surface area contributed by atoms with Crippen molar-refractivity contribution in [1.82, 2.24) is 0 Å². The second-order valence-electron chi connectivity index (χ2n) is 9.16. The van der Waals surface area contributed by atoms with Gasteiger partial charge in [-0.25, -0.2) is 0 Å². The molecule has 0 aliphatic heterocycles. The maximum atomic E-state index is 3.38. The predicted molar refractivity (Wildman–Crippen MR) is 157 cm³/mol. The molecular formula is C35H36Cl2Hf-6. The molecule has 0 amide bonds. The molecule has 0 heterocycles. The fourth-order valence-electron chi connectivity index (χ4n) is 4.92. The first-order chi connectivity index (χ1) is 17.2. The molecule has 6 rings (SSSR count). The molecule has 200 valence electrons. The summed E-state index contributed by atoms with van der Waals surface area (Å²) in [5, 5.41) is 11.0. The van der Waals surface area contributed by atoms with Crippen LogP contribution >= 0.6 is 0 Å². The molecule has 0 radical (unpaired) electrons. The van der Waals surface area contributed by atoms with E-state index in [0.29, 0.717) is 0 Å². The van der Waals surface area contributed by atoms with Crippen LogP contribution in [0.25, 0.3) is 43.1 Å². The zero-order valence-electron chi connectivity index (χ0n) is 22.4. The predicted octanol–water partition coefficient (Wildman–Crippen LogP) is 4.38. The normalized spacial score (nSPS) is 10.0. The Morgan fingerprint density at radius 1 is 0.553 bits per heavy atom. The van der Waals surface area contributed by atoms with E-state index in [2.05, 4.69) is 125 Å². The summed E-state index contributed by atoms with van der Waals surface area (Å²) in [5.41, 5.74) is 2.93. The average Bonchev–Trinajstić information content (AvgIpc) is 3.49. The second kappa shape index (κ2) is 16.9. The first-order valence-corrected chi connectivity index (χ1v) is 12.9. The van der Waals surface area contributed by atoms with Gasteiger partial charge >= 0.3 is 0 Å². The minimum absolute atomic E-state index is 0. The van der Waals surface area contributed by atoms with Crippen molar-refractivity contribution < 1.29 is 50.7 Å². The van der Waals surface area contributed by atoms with E-state index in [9.17, 15) is 0 Å². The SMILES string of the molecule is CCCc1cc2c(ccc3ccccc32)[cH-]1.CCCc1cc2c(ccc3ccccc32)[cH-]1.[CH2-]C[CH2-].[Cl-].[Cl-].[Hf]. The van der Waals surface area contributed by atoms with E-state index < -0.39 is 0 Å². The quantitative estimate of drug-likeness (QED) is 0.189. The smallest absolute Gasteiger partial charge is 0 e. The Balaban J connectivity index is 0.000000322. The molecule has 0 atom stereocenters. The minimum Gasteiger partial charge on any atom is -1.00 e. The van der Waals surface area contributed by atoms with E-state index >= 15 is 0 Å². The average molecular weight is 706 g/mol. The van der Waals surface area contributed by atoms with Crippen LogP contribution in [-0.2, 0) is 38.7 Å². The van der Waals surface area contributed by atoms with E-state index in [1.165, 1.54) is 79.9 Å². The Kier molecular flexibility index (Phi) is 15.2. The standard InChI is InChI=1S/2C16H15.C3H6.2ClH.Hf/c2*1-2-5-12-10-14-9-8-13-6-3-4-7-15(13)16(14)11-12;1-3-2;;;/h2*3-4,6-11H,2,5H2,1H3;1-3H2;2*1H;/q2*-1;-2;;;/p-2. The van der Waals surface area contributed by atoms with E-state index in [1.807, 2.05) is 0 Å². The molecule has 0 aliphatic rings. The Morgan fingerprint density at radius 3 is 1.29 bits per heavy atom. The van der Waals surface area contributed by atoms with Crippen molar-refractivity contribution in [2.24, 2.45) is 0 Å². The third kappa shape index (κ3) is 8.04. The van der Waals surface area contributed by atoms with Gasteiger partial charge in [0.2, 0.25) is 0 Å². The van der Waals surface area contributed by atoms with Gasteiger partial charge in [0.1, 0.15) is 0 Å². The van der Waals surface area contributed by atoms with Gasteiger partial charge in [-0.15, -0.1) is 56.9 Å². The van der Waals surface area contributed by atoms with Crippen molar-refractivity contribution in [3.8, 4) is 0 Å². The van der Waals surface area contributed by atoms with Crippen LogP contribution in [0.2, 0.25) is 0 Å². The summed E-state index contributed by atoms with van der Waals surface area (Å²) in [6, 6.07) is 35.5. The maximum Gasteiger partial charge on any atom is 0 e. The molecule has 0 N–H and O–H groups in total. The van der Waals surface area contributed by atoms with Crippen LogP contribution in [0.15, 0.2) is 97.1 Å². The molecule has 6 aromatic rings. The van der Waals surface area contributed by atoms with Crippen molar-refractivity contribution in [1.29, 1.82) is 0 Å². The summed E-state index contributed by atoms with van der Waals surface area (Å²) in [4.78, 5) is 0. The van der Waals surface area contributed by atoms with Gasteiger partial charge in [0.15, 0.2) is 0 Å². The van der Waals surface area contributed by atoms with Crippen molar-refractivity contribution in [2.75, 3.05) is 0 Å². The number of halogens is 2. The van der Waals surface area contributed by atoms with Crippen molar-refractivity contribution in [3.63, 3.8) is 0 Å². The van der Waals surface area contributed by atoms with Crippen LogP contribution in [0.1, 0.15) is 44.2 Å². The summed E-state index contributed by atoms with van der Waals surface area (Å²) in [6.07, 6.45) is 5.55. The van der Waals surface area contributed by atoms with Gasteiger partial charge in [-0.2, -0.15) is 12.1 Å². The first kappa shape index (κ1) is 34.1. The number of fused-ring (bicyclic) bond motifs is 6. The number of hydrogen-bond acceptors (Lipinski definition) is 0. The van der Waals surface area contributed by atoms with Crippen molar-refractivity contribution in [2.45, 2.75) is 46.0 Å². The zero-order valence-corrected chi connectivity index (χ0v) is 27.5. The van der Waals surface area contributed by atoms with Gasteiger partial charge in [0.05, 0.1) is 0 Å². The zero-order chi connectivity index (χ0) is 24.6. The van der Waals surface area contributed by atoms with Gasteiger partial charge < -0.3 is 45.1 Å². The molecule has 0 bridgehead atoms. The van der Waals surface area contributed by atoms with Crippen LogP contribution in [0.4, 0.5) is 0 Å². The summed E-state index contributed by atoms with van der Waals surface area (Å²) >= 11 is 0. The van der Waals surface area contributed by atoms with Gasteiger partial charge in [0.25, 0.3) is 0 Å². The van der Waals surface area contributed by atoms with E-state index in [1.54, 1.807) is 0 Å². The number of benzene rings is 4. The fraction of sp³-hybridized carbons (Fsp3) is 0.200. The maximum absolute atomic E-state index is 3.38. The molecule has 6 aromatic carbocycles. The molecule has 38 heavy (non-hydrogen) atoms. The molecule has 0 aromatic heterocycles. The van der Waals surface area contributed by atoms with E-state index in [4.69, 9.17) is 0 Å². The third-order valence-electron chi connectivity index (χ3n) is 6.43. The van der Waals surface area contributed by atoms with Crippen LogP contribution < -0.4 is 24.8 Å². The molecule has 0 fully saturated rings. The van der Waals surface area contributed by atoms with Gasteiger partial charge in [-0.3, -0.25) is 0 Å². The van der Waals surface area contributed by atoms with Gasteiger partial charge in [-0.05, 0) is 23.6 Å². The largest absolute Gasteiger partial charge is 1.00 e. The molecule has 0 nitrogen and oxygen atoms in total. The van der Waals surface area contributed by atoms with E-state index in [-0.39, 0.29) is 50.7 Å². The third-order valence-corrected chi connectivity index (χ3v) is 6.43.